The first-order valence-corrected chi connectivity index (χ1v) is 15.6. The number of esters is 1. The van der Waals surface area contributed by atoms with Gasteiger partial charge in [0.25, 0.3) is 5.91 Å². The number of H-pyrrole nitrogens is 1. The van der Waals surface area contributed by atoms with Crippen molar-refractivity contribution in [2.45, 2.75) is 30.0 Å². The second-order valence-corrected chi connectivity index (χ2v) is 12.4. The summed E-state index contributed by atoms with van der Waals surface area (Å²) in [5.41, 5.74) is 2.80. The number of carbonyl (C=O) groups excluding carboxylic acids is 4. The van der Waals surface area contributed by atoms with Gasteiger partial charge < -0.3 is 19.8 Å². The summed E-state index contributed by atoms with van der Waals surface area (Å²) in [4.78, 5) is 69.6. The number of rotatable bonds is 8. The van der Waals surface area contributed by atoms with Crippen molar-refractivity contribution in [1.82, 2.24) is 4.98 Å². The Morgan fingerprint density at radius 2 is 1.68 bits per heavy atom. The quantitative estimate of drug-likeness (QED) is 0.211. The number of amides is 3. The zero-order valence-corrected chi connectivity index (χ0v) is 25.3. The predicted octanol–water partition coefficient (Wildman–Crippen LogP) is 4.73. The molecule has 1 fully saturated rings. The number of thioether (sulfide) groups is 1. The zero-order chi connectivity index (χ0) is 31.0. The first kappa shape index (κ1) is 29.4. The topological polar surface area (TPSA) is 135 Å². The van der Waals surface area contributed by atoms with Crippen LogP contribution in [0.4, 0.5) is 11.4 Å². The minimum Gasteiger partial charge on any atom is -0.483 e. The van der Waals surface area contributed by atoms with Gasteiger partial charge in [-0.1, -0.05) is 59.5 Å². The van der Waals surface area contributed by atoms with E-state index in [0.29, 0.717) is 38.2 Å². The first-order valence-electron chi connectivity index (χ1n) is 13.9. The Hall–Kier alpha value is -4.68. The largest absolute Gasteiger partial charge is 0.483 e. The van der Waals surface area contributed by atoms with Crippen molar-refractivity contribution in [1.29, 1.82) is 0 Å². The third-order valence-corrected chi connectivity index (χ3v) is 9.89. The lowest BCUT2D eigenvalue weighted by molar-refractivity contribution is -0.122. The summed E-state index contributed by atoms with van der Waals surface area (Å²) < 4.78 is 11.0. The smallest absolute Gasteiger partial charge is 0.338 e. The summed E-state index contributed by atoms with van der Waals surface area (Å²) in [6.07, 6.45) is 0. The number of nitrogens with one attached hydrogen (secondary N) is 2. The van der Waals surface area contributed by atoms with Gasteiger partial charge in [-0.2, -0.15) is 0 Å². The molecule has 12 heteroatoms. The molecule has 3 heterocycles. The van der Waals surface area contributed by atoms with E-state index in [2.05, 4.69) is 10.3 Å². The van der Waals surface area contributed by atoms with Crippen LogP contribution >= 0.6 is 23.1 Å². The number of thiazole rings is 1. The number of ether oxygens (including phenoxy) is 2. The van der Waals surface area contributed by atoms with E-state index in [0.717, 1.165) is 33.6 Å². The Balaban J connectivity index is 1.31. The summed E-state index contributed by atoms with van der Waals surface area (Å²) >= 11 is 2.15. The van der Waals surface area contributed by atoms with Crippen molar-refractivity contribution in [2.24, 2.45) is 5.92 Å². The number of anilines is 2. The number of hydrogen-bond donors (Lipinski definition) is 2. The maximum absolute atomic E-state index is 14.1. The van der Waals surface area contributed by atoms with Gasteiger partial charge >= 0.3 is 10.8 Å². The average Bonchev–Trinajstić information content (AvgIpc) is 3.51. The standard InChI is InChI=1S/C32H27N3O7S2/c1-3-41-31(39)18-12-14-19(15-13-18)35-29(37)25-24(26-28(34-32(40)44-26)43-27(25)30(35)38)20-9-5-7-11-22(20)42-16-23(36)33-21-10-6-4-8-17(21)2/h4-15,24-25,27H,3,16H2,1-2H3,(H,33,36)(H,34,40). The molecule has 6 rings (SSSR count). The lowest BCUT2D eigenvalue weighted by Crippen LogP contribution is -2.32. The van der Waals surface area contributed by atoms with Gasteiger partial charge in [-0.05, 0) is 55.8 Å². The van der Waals surface area contributed by atoms with Crippen LogP contribution in [0.1, 0.15) is 39.2 Å². The monoisotopic (exact) mass is 629 g/mol. The van der Waals surface area contributed by atoms with Crippen LogP contribution in [-0.2, 0) is 19.1 Å². The first-order chi connectivity index (χ1) is 21.3. The molecule has 4 aromatic rings. The zero-order valence-electron chi connectivity index (χ0n) is 23.7. The van der Waals surface area contributed by atoms with E-state index in [1.54, 1.807) is 49.4 Å². The summed E-state index contributed by atoms with van der Waals surface area (Å²) in [6, 6.07) is 20.5. The Morgan fingerprint density at radius 1 is 0.955 bits per heavy atom. The van der Waals surface area contributed by atoms with Crippen molar-refractivity contribution in [3.63, 3.8) is 0 Å². The van der Waals surface area contributed by atoms with Gasteiger partial charge in [0.2, 0.25) is 11.8 Å². The number of fused-ring (bicyclic) bond motifs is 2. The Morgan fingerprint density at radius 3 is 2.43 bits per heavy atom. The van der Waals surface area contributed by atoms with Gasteiger partial charge in [-0.3, -0.25) is 19.2 Å². The fraction of sp³-hybridized carbons (Fsp3) is 0.219. The molecule has 0 aliphatic carbocycles. The van der Waals surface area contributed by atoms with E-state index in [1.807, 2.05) is 25.1 Å². The highest BCUT2D eigenvalue weighted by molar-refractivity contribution is 8.00. The van der Waals surface area contributed by atoms with Crippen molar-refractivity contribution >= 4 is 58.2 Å². The number of aromatic amines is 1. The predicted molar refractivity (Wildman–Crippen MR) is 167 cm³/mol. The molecular weight excluding hydrogens is 603 g/mol. The van der Waals surface area contributed by atoms with Gasteiger partial charge in [-0.15, -0.1) is 0 Å². The summed E-state index contributed by atoms with van der Waals surface area (Å²) in [7, 11) is 0. The molecule has 0 radical (unpaired) electrons. The molecule has 3 aromatic carbocycles. The summed E-state index contributed by atoms with van der Waals surface area (Å²) in [6.45, 7) is 3.53. The molecular formula is C32H27N3O7S2. The SMILES string of the molecule is CCOC(=O)c1ccc(N2C(=O)C3Sc4[nH]c(=O)sc4C(c4ccccc4OCC(=O)Nc4ccccc4C)C3C2=O)cc1. The van der Waals surface area contributed by atoms with Crippen LogP contribution in [0.3, 0.4) is 0 Å². The highest BCUT2D eigenvalue weighted by atomic mass is 32.2. The maximum atomic E-state index is 14.1. The molecule has 3 amide bonds. The minimum absolute atomic E-state index is 0.223. The maximum Gasteiger partial charge on any atom is 0.338 e. The minimum atomic E-state index is -0.846. The second-order valence-electron chi connectivity index (χ2n) is 10.2. The molecule has 3 unspecified atom stereocenters. The molecule has 1 aromatic heterocycles. The average molecular weight is 630 g/mol. The molecule has 2 aliphatic rings. The summed E-state index contributed by atoms with van der Waals surface area (Å²) in [5, 5.41) is 2.56. The van der Waals surface area contributed by atoms with Crippen molar-refractivity contribution in [3.8, 4) is 5.75 Å². The molecule has 0 saturated carbocycles. The number of aromatic nitrogens is 1. The van der Waals surface area contributed by atoms with Gasteiger partial charge in [0.1, 0.15) is 11.0 Å². The third-order valence-electron chi connectivity index (χ3n) is 7.49. The Kier molecular flexibility index (Phi) is 8.11. The molecule has 10 nitrogen and oxygen atoms in total. The van der Waals surface area contributed by atoms with Gasteiger partial charge in [0, 0.05) is 22.0 Å². The van der Waals surface area contributed by atoms with Crippen LogP contribution in [-0.4, -0.2) is 47.1 Å². The van der Waals surface area contributed by atoms with E-state index in [4.69, 9.17) is 9.47 Å². The van der Waals surface area contributed by atoms with Crippen LogP contribution in [0.2, 0.25) is 0 Å². The van der Waals surface area contributed by atoms with Crippen molar-refractivity contribution in [3.05, 3.63) is 104 Å². The normalized spacial score (nSPS) is 18.9. The molecule has 2 aliphatic heterocycles. The van der Waals surface area contributed by atoms with Gasteiger partial charge in [-0.25, -0.2) is 9.69 Å². The van der Waals surface area contributed by atoms with Gasteiger partial charge in [0.05, 0.1) is 28.8 Å². The lowest BCUT2D eigenvalue weighted by Gasteiger charge is -2.30. The molecule has 3 atom stereocenters. The number of carbonyl (C=O) groups is 4. The highest BCUT2D eigenvalue weighted by Gasteiger charge is 2.56. The fourth-order valence-electron chi connectivity index (χ4n) is 5.48. The highest BCUT2D eigenvalue weighted by Crippen LogP contribution is 2.54. The Labute approximate surface area is 260 Å². The van der Waals surface area contributed by atoms with Crippen molar-refractivity contribution in [2.75, 3.05) is 23.4 Å². The van der Waals surface area contributed by atoms with Crippen molar-refractivity contribution < 1.29 is 28.7 Å². The van der Waals surface area contributed by atoms with E-state index in [-0.39, 0.29) is 24.0 Å². The number of nitrogens with zero attached hydrogens (tertiary/aromatic N) is 1. The van der Waals surface area contributed by atoms with Crippen LogP contribution in [0.15, 0.2) is 82.6 Å². The number of imide groups is 1. The number of aryl methyl sites for hydroxylation is 1. The van der Waals surface area contributed by atoms with Crippen LogP contribution in [0.5, 0.6) is 5.75 Å². The fourth-order valence-corrected chi connectivity index (χ4v) is 7.99. The van der Waals surface area contributed by atoms with E-state index < -0.39 is 34.9 Å². The number of para-hydroxylation sites is 2. The Bertz CT molecular complexity index is 1830. The van der Waals surface area contributed by atoms with E-state index >= 15 is 0 Å². The molecule has 1 saturated heterocycles. The molecule has 44 heavy (non-hydrogen) atoms. The molecule has 224 valence electrons. The lowest BCUT2D eigenvalue weighted by atomic mass is 9.82. The van der Waals surface area contributed by atoms with E-state index in [1.165, 1.54) is 12.1 Å². The molecule has 2 N–H and O–H groups in total. The molecule has 0 spiro atoms. The van der Waals surface area contributed by atoms with Crippen LogP contribution in [0, 0.1) is 12.8 Å². The second kappa shape index (κ2) is 12.1. The number of benzene rings is 3. The van der Waals surface area contributed by atoms with Crippen LogP contribution in [0.25, 0.3) is 0 Å². The third kappa shape index (κ3) is 5.42. The summed E-state index contributed by atoms with van der Waals surface area (Å²) in [5.74, 6) is -2.87. The van der Waals surface area contributed by atoms with E-state index in [9.17, 15) is 24.0 Å². The molecule has 0 bridgehead atoms. The van der Waals surface area contributed by atoms with Gasteiger partial charge in [0.15, 0.2) is 6.61 Å². The van der Waals surface area contributed by atoms with Crippen LogP contribution < -0.4 is 19.8 Å². The number of hydrogen-bond acceptors (Lipinski definition) is 9.